The van der Waals surface area contributed by atoms with Gasteiger partial charge in [-0.1, -0.05) is 30.3 Å². The van der Waals surface area contributed by atoms with Crippen LogP contribution in [0.5, 0.6) is 5.75 Å². The number of Topliss-reactive ketones (excluding diaryl/α,β-unsaturated/α-hetero) is 1. The van der Waals surface area contributed by atoms with Gasteiger partial charge in [-0.3, -0.25) is 9.59 Å². The van der Waals surface area contributed by atoms with Gasteiger partial charge in [-0.2, -0.15) is 0 Å². The quantitative estimate of drug-likeness (QED) is 0.857. The zero-order valence-electron chi connectivity index (χ0n) is 10.9. The number of pyridine rings is 1. The number of ketones is 1. The van der Waals surface area contributed by atoms with Crippen LogP contribution in [0, 0.1) is 6.92 Å². The van der Waals surface area contributed by atoms with E-state index in [1.54, 1.807) is 6.92 Å². The van der Waals surface area contributed by atoms with Gasteiger partial charge in [0.2, 0.25) is 0 Å². The van der Waals surface area contributed by atoms with Gasteiger partial charge in [0.05, 0.1) is 6.54 Å². The molecular formula is C15H15NO3. The summed E-state index contributed by atoms with van der Waals surface area (Å²) >= 11 is 0. The summed E-state index contributed by atoms with van der Waals surface area (Å²) in [5, 5.41) is 9.70. The van der Waals surface area contributed by atoms with E-state index < -0.39 is 11.3 Å². The maximum absolute atomic E-state index is 12.2. The molecule has 4 heteroatoms. The molecule has 98 valence electrons. The van der Waals surface area contributed by atoms with Crippen LogP contribution in [0.15, 0.2) is 41.2 Å². The molecule has 0 amide bonds. The second kappa shape index (κ2) is 5.10. The summed E-state index contributed by atoms with van der Waals surface area (Å²) in [4.78, 5) is 23.7. The number of hydrogen-bond acceptors (Lipinski definition) is 3. The molecule has 2 rings (SSSR count). The van der Waals surface area contributed by atoms with Gasteiger partial charge in [0.25, 0.3) is 5.56 Å². The number of aryl methyl sites for hydroxylation is 1. The number of rotatable bonds is 3. The fourth-order valence-corrected chi connectivity index (χ4v) is 2.05. The number of aromatic hydroxyl groups is 1. The average Bonchev–Trinajstić information content (AvgIpc) is 2.35. The van der Waals surface area contributed by atoms with Crippen molar-refractivity contribution in [2.24, 2.45) is 0 Å². The Morgan fingerprint density at radius 1 is 1.26 bits per heavy atom. The maximum Gasteiger partial charge on any atom is 0.265 e. The van der Waals surface area contributed by atoms with Crippen molar-refractivity contribution in [1.29, 1.82) is 0 Å². The maximum atomic E-state index is 12.2. The van der Waals surface area contributed by atoms with E-state index in [0.29, 0.717) is 12.2 Å². The second-order valence-corrected chi connectivity index (χ2v) is 4.48. The van der Waals surface area contributed by atoms with Crippen molar-refractivity contribution in [2.45, 2.75) is 20.4 Å². The molecule has 0 unspecified atom stereocenters. The van der Waals surface area contributed by atoms with Crippen LogP contribution in [0.2, 0.25) is 0 Å². The second-order valence-electron chi connectivity index (χ2n) is 4.48. The van der Waals surface area contributed by atoms with Gasteiger partial charge in [0, 0.05) is 11.8 Å². The zero-order chi connectivity index (χ0) is 14.0. The molecule has 0 saturated heterocycles. The summed E-state index contributed by atoms with van der Waals surface area (Å²) in [7, 11) is 0. The molecule has 0 aliphatic carbocycles. The van der Waals surface area contributed by atoms with E-state index in [9.17, 15) is 14.7 Å². The molecule has 1 aromatic heterocycles. The number of aromatic nitrogens is 1. The molecule has 1 aromatic carbocycles. The Hall–Kier alpha value is -2.36. The van der Waals surface area contributed by atoms with E-state index in [1.165, 1.54) is 17.6 Å². The smallest absolute Gasteiger partial charge is 0.265 e. The largest absolute Gasteiger partial charge is 0.507 e. The molecule has 2 aromatic rings. The third-order valence-electron chi connectivity index (χ3n) is 3.02. The van der Waals surface area contributed by atoms with Crippen molar-refractivity contribution in [2.75, 3.05) is 0 Å². The molecule has 0 atom stereocenters. The van der Waals surface area contributed by atoms with Crippen LogP contribution in [0.3, 0.4) is 0 Å². The van der Waals surface area contributed by atoms with Crippen molar-refractivity contribution < 1.29 is 9.90 Å². The molecule has 1 heterocycles. The highest BCUT2D eigenvalue weighted by Crippen LogP contribution is 2.16. The minimum atomic E-state index is -0.450. The van der Waals surface area contributed by atoms with Crippen molar-refractivity contribution in [1.82, 2.24) is 4.57 Å². The van der Waals surface area contributed by atoms with Crippen molar-refractivity contribution in [3.05, 3.63) is 63.6 Å². The van der Waals surface area contributed by atoms with E-state index in [4.69, 9.17) is 0 Å². The summed E-state index contributed by atoms with van der Waals surface area (Å²) in [6.07, 6.45) is 0. The van der Waals surface area contributed by atoms with E-state index in [1.807, 2.05) is 30.3 Å². The molecule has 0 radical (unpaired) electrons. The first kappa shape index (κ1) is 13.1. The van der Waals surface area contributed by atoms with Crippen molar-refractivity contribution >= 4 is 5.78 Å². The molecule has 19 heavy (non-hydrogen) atoms. The van der Waals surface area contributed by atoms with Crippen LogP contribution in [-0.4, -0.2) is 15.5 Å². The topological polar surface area (TPSA) is 59.3 Å². The molecule has 4 nitrogen and oxygen atoms in total. The summed E-state index contributed by atoms with van der Waals surface area (Å²) in [5.74, 6) is -0.677. The molecule has 0 spiro atoms. The monoisotopic (exact) mass is 257 g/mol. The zero-order valence-corrected chi connectivity index (χ0v) is 10.9. The number of hydrogen-bond donors (Lipinski definition) is 1. The summed E-state index contributed by atoms with van der Waals surface area (Å²) in [6.45, 7) is 3.39. The molecule has 0 bridgehead atoms. The standard InChI is InChI=1S/C15H15NO3/c1-10-8-13(18)14(11(2)17)15(19)16(10)9-12-6-4-3-5-7-12/h3-8,18H,9H2,1-2H3. The fraction of sp³-hybridized carbons (Fsp3) is 0.200. The molecule has 0 aliphatic rings. The third-order valence-corrected chi connectivity index (χ3v) is 3.02. The Morgan fingerprint density at radius 2 is 1.89 bits per heavy atom. The van der Waals surface area contributed by atoms with Crippen LogP contribution in [0.4, 0.5) is 0 Å². The van der Waals surface area contributed by atoms with Gasteiger partial charge in [0.1, 0.15) is 11.3 Å². The van der Waals surface area contributed by atoms with Gasteiger partial charge >= 0.3 is 0 Å². The molecule has 0 fully saturated rings. The Balaban J connectivity index is 2.55. The summed E-state index contributed by atoms with van der Waals surface area (Å²) < 4.78 is 1.49. The number of carbonyl (C=O) groups excluding carboxylic acids is 1. The summed E-state index contributed by atoms with van der Waals surface area (Å²) in [6, 6.07) is 10.9. The SMILES string of the molecule is CC(=O)c1c(O)cc(C)n(Cc2ccccc2)c1=O. The number of nitrogens with zero attached hydrogens (tertiary/aromatic N) is 1. The fourth-order valence-electron chi connectivity index (χ4n) is 2.05. The normalized spacial score (nSPS) is 10.4. The molecule has 0 saturated carbocycles. The Labute approximate surface area is 110 Å². The van der Waals surface area contributed by atoms with E-state index in [2.05, 4.69) is 0 Å². The van der Waals surface area contributed by atoms with Crippen LogP contribution < -0.4 is 5.56 Å². The van der Waals surface area contributed by atoms with Gasteiger partial charge < -0.3 is 9.67 Å². The van der Waals surface area contributed by atoms with Crippen LogP contribution >= 0.6 is 0 Å². The molecule has 1 N–H and O–H groups in total. The number of carbonyl (C=O) groups is 1. The molecular weight excluding hydrogens is 242 g/mol. The lowest BCUT2D eigenvalue weighted by Crippen LogP contribution is -2.27. The van der Waals surface area contributed by atoms with E-state index in [0.717, 1.165) is 5.56 Å². The van der Waals surface area contributed by atoms with Crippen LogP contribution in [-0.2, 0) is 6.54 Å². The third kappa shape index (κ3) is 2.57. The Morgan fingerprint density at radius 3 is 2.47 bits per heavy atom. The van der Waals surface area contributed by atoms with E-state index >= 15 is 0 Å². The minimum absolute atomic E-state index is 0.151. The predicted octanol–water partition coefficient (Wildman–Crippen LogP) is 2.11. The highest BCUT2D eigenvalue weighted by molar-refractivity contribution is 5.96. The van der Waals surface area contributed by atoms with Crippen molar-refractivity contribution in [3.8, 4) is 5.75 Å². The van der Waals surface area contributed by atoms with E-state index in [-0.39, 0.29) is 11.3 Å². The Kier molecular flexibility index (Phi) is 3.51. The molecule has 0 aliphatic heterocycles. The lowest BCUT2D eigenvalue weighted by atomic mass is 10.1. The Bertz CT molecular complexity index is 672. The van der Waals surface area contributed by atoms with Gasteiger partial charge in [0.15, 0.2) is 5.78 Å². The first-order valence-corrected chi connectivity index (χ1v) is 5.99. The average molecular weight is 257 g/mol. The number of benzene rings is 1. The van der Waals surface area contributed by atoms with Crippen LogP contribution in [0.1, 0.15) is 28.5 Å². The highest BCUT2D eigenvalue weighted by atomic mass is 16.3. The van der Waals surface area contributed by atoms with Gasteiger partial charge in [-0.25, -0.2) is 0 Å². The van der Waals surface area contributed by atoms with Crippen LogP contribution in [0.25, 0.3) is 0 Å². The predicted molar refractivity (Wildman–Crippen MR) is 72.7 cm³/mol. The minimum Gasteiger partial charge on any atom is -0.507 e. The summed E-state index contributed by atoms with van der Waals surface area (Å²) in [5.41, 5.74) is 0.986. The van der Waals surface area contributed by atoms with Gasteiger partial charge in [-0.15, -0.1) is 0 Å². The first-order valence-electron chi connectivity index (χ1n) is 5.99. The lowest BCUT2D eigenvalue weighted by molar-refractivity contribution is 0.101. The lowest BCUT2D eigenvalue weighted by Gasteiger charge is -2.12. The van der Waals surface area contributed by atoms with Gasteiger partial charge in [-0.05, 0) is 19.4 Å². The highest BCUT2D eigenvalue weighted by Gasteiger charge is 2.16. The van der Waals surface area contributed by atoms with Crippen molar-refractivity contribution in [3.63, 3.8) is 0 Å². The first-order chi connectivity index (χ1) is 9.00.